The highest BCUT2D eigenvalue weighted by Gasteiger charge is 2.18. The summed E-state index contributed by atoms with van der Waals surface area (Å²) >= 11 is 3.35. The van der Waals surface area contributed by atoms with Gasteiger partial charge in [-0.3, -0.25) is 0 Å². The van der Waals surface area contributed by atoms with Gasteiger partial charge in [-0.15, -0.1) is 22.7 Å². The highest BCUT2D eigenvalue weighted by molar-refractivity contribution is 7.13. The molecule has 0 fully saturated rings. The van der Waals surface area contributed by atoms with Gasteiger partial charge in [0, 0.05) is 34.3 Å². The molecular formula is C32H20N2S2. The van der Waals surface area contributed by atoms with Crippen molar-refractivity contribution >= 4 is 44.2 Å². The van der Waals surface area contributed by atoms with Crippen LogP contribution in [0.4, 0.5) is 0 Å². The Morgan fingerprint density at radius 3 is 1.28 bits per heavy atom. The van der Waals surface area contributed by atoms with E-state index in [0.717, 1.165) is 21.1 Å². The first-order valence-corrected chi connectivity index (χ1v) is 13.6. The topological polar surface area (TPSA) is 25.8 Å². The maximum atomic E-state index is 4.60. The molecule has 0 saturated carbocycles. The van der Waals surface area contributed by atoms with E-state index in [-0.39, 0.29) is 0 Å². The summed E-state index contributed by atoms with van der Waals surface area (Å²) in [6.45, 7) is 0. The molecule has 4 heteroatoms. The van der Waals surface area contributed by atoms with Crippen molar-refractivity contribution in [3.8, 4) is 43.4 Å². The van der Waals surface area contributed by atoms with Crippen LogP contribution < -0.4 is 0 Å². The van der Waals surface area contributed by atoms with Crippen LogP contribution in [0.5, 0.6) is 0 Å². The molecule has 0 saturated heterocycles. The molecule has 0 radical (unpaired) electrons. The van der Waals surface area contributed by atoms with Gasteiger partial charge in [0.1, 0.15) is 10.0 Å². The molecule has 0 aliphatic carbocycles. The van der Waals surface area contributed by atoms with Crippen LogP contribution in [0.25, 0.3) is 64.9 Å². The third-order valence-electron chi connectivity index (χ3n) is 6.60. The van der Waals surface area contributed by atoms with Crippen LogP contribution in [0.15, 0.2) is 120 Å². The Labute approximate surface area is 217 Å². The number of aromatic nitrogens is 2. The van der Waals surface area contributed by atoms with Crippen LogP contribution in [0.3, 0.4) is 0 Å². The van der Waals surface area contributed by atoms with Crippen LogP contribution in [-0.4, -0.2) is 9.97 Å². The van der Waals surface area contributed by atoms with Gasteiger partial charge in [-0.2, -0.15) is 0 Å². The molecule has 2 heterocycles. The molecule has 2 aromatic heterocycles. The molecular weight excluding hydrogens is 477 g/mol. The normalized spacial score (nSPS) is 11.3. The SMILES string of the molecule is c1ccc(-c2c3ccc(-c4nccs4)cc3c(-c3ccccc3)c3cc(-c4nccs4)ccc23)cc1. The van der Waals surface area contributed by atoms with E-state index in [2.05, 4.69) is 107 Å². The van der Waals surface area contributed by atoms with E-state index in [4.69, 9.17) is 0 Å². The minimum absolute atomic E-state index is 1.04. The molecule has 0 amide bonds. The van der Waals surface area contributed by atoms with Gasteiger partial charge in [-0.1, -0.05) is 84.9 Å². The molecule has 0 atom stereocenters. The van der Waals surface area contributed by atoms with E-state index in [1.165, 1.54) is 43.8 Å². The van der Waals surface area contributed by atoms with Crippen molar-refractivity contribution in [1.82, 2.24) is 9.97 Å². The average molecular weight is 497 g/mol. The molecule has 0 unspecified atom stereocenters. The smallest absolute Gasteiger partial charge is 0.123 e. The van der Waals surface area contributed by atoms with Crippen LogP contribution in [-0.2, 0) is 0 Å². The molecule has 0 aliphatic rings. The van der Waals surface area contributed by atoms with E-state index < -0.39 is 0 Å². The summed E-state index contributed by atoms with van der Waals surface area (Å²) in [7, 11) is 0. The Balaban J connectivity index is 1.67. The Bertz CT molecular complexity index is 1710. The fourth-order valence-corrected chi connectivity index (χ4v) is 6.33. The second-order valence-electron chi connectivity index (χ2n) is 8.68. The molecule has 0 aliphatic heterocycles. The molecule has 0 bridgehead atoms. The predicted molar refractivity (Wildman–Crippen MR) is 155 cm³/mol. The second kappa shape index (κ2) is 8.83. The van der Waals surface area contributed by atoms with E-state index >= 15 is 0 Å². The van der Waals surface area contributed by atoms with Crippen molar-refractivity contribution in [3.63, 3.8) is 0 Å². The first-order chi connectivity index (χ1) is 17.9. The van der Waals surface area contributed by atoms with Crippen LogP contribution in [0.1, 0.15) is 0 Å². The minimum atomic E-state index is 1.04. The summed E-state index contributed by atoms with van der Waals surface area (Å²) in [5, 5.41) is 11.1. The van der Waals surface area contributed by atoms with E-state index in [0.29, 0.717) is 0 Å². The lowest BCUT2D eigenvalue weighted by Gasteiger charge is -2.19. The van der Waals surface area contributed by atoms with Gasteiger partial charge in [-0.25, -0.2) is 9.97 Å². The van der Waals surface area contributed by atoms with Gasteiger partial charge in [0.05, 0.1) is 0 Å². The third kappa shape index (κ3) is 3.54. The zero-order valence-corrected chi connectivity index (χ0v) is 20.9. The lowest BCUT2D eigenvalue weighted by atomic mass is 9.85. The number of hydrogen-bond donors (Lipinski definition) is 0. The zero-order valence-electron chi connectivity index (χ0n) is 19.3. The fourth-order valence-electron chi connectivity index (χ4n) is 5.06. The monoisotopic (exact) mass is 496 g/mol. The number of nitrogens with zero attached hydrogens (tertiary/aromatic N) is 2. The summed E-state index contributed by atoms with van der Waals surface area (Å²) in [6, 6.07) is 35.1. The minimum Gasteiger partial charge on any atom is -0.245 e. The highest BCUT2D eigenvalue weighted by atomic mass is 32.1. The summed E-state index contributed by atoms with van der Waals surface area (Å²) < 4.78 is 0. The van der Waals surface area contributed by atoms with Crippen LogP contribution in [0, 0.1) is 0 Å². The van der Waals surface area contributed by atoms with E-state index in [9.17, 15) is 0 Å². The molecule has 0 spiro atoms. The van der Waals surface area contributed by atoms with Gasteiger partial charge < -0.3 is 0 Å². The Hall–Kier alpha value is -4.12. The van der Waals surface area contributed by atoms with Crippen molar-refractivity contribution in [1.29, 1.82) is 0 Å². The van der Waals surface area contributed by atoms with Crippen molar-refractivity contribution in [2.45, 2.75) is 0 Å². The molecule has 2 nitrogen and oxygen atoms in total. The maximum Gasteiger partial charge on any atom is 0.123 e. The summed E-state index contributed by atoms with van der Waals surface area (Å²) in [5.74, 6) is 0. The summed E-state index contributed by atoms with van der Waals surface area (Å²) in [6.07, 6.45) is 3.75. The van der Waals surface area contributed by atoms with Crippen molar-refractivity contribution in [2.75, 3.05) is 0 Å². The number of rotatable bonds is 4. The maximum absolute atomic E-state index is 4.60. The second-order valence-corrected chi connectivity index (χ2v) is 10.5. The fraction of sp³-hybridized carbons (Fsp3) is 0. The quantitative estimate of drug-likeness (QED) is 0.227. The molecule has 170 valence electrons. The van der Waals surface area contributed by atoms with Crippen molar-refractivity contribution in [3.05, 3.63) is 120 Å². The van der Waals surface area contributed by atoms with Gasteiger partial charge in [-0.05, 0) is 55.9 Å². The van der Waals surface area contributed by atoms with Crippen molar-refractivity contribution < 1.29 is 0 Å². The molecule has 5 aromatic carbocycles. The van der Waals surface area contributed by atoms with Crippen molar-refractivity contribution in [2.24, 2.45) is 0 Å². The largest absolute Gasteiger partial charge is 0.245 e. The standard InChI is InChI=1S/C32H20N2S2/c1-3-7-21(8-4-1)29-25-13-11-23(31-33-15-17-35-31)19-27(25)30(22-9-5-2-6-10-22)28-20-24(12-14-26(28)29)32-34-16-18-36-32/h1-20H. The summed E-state index contributed by atoms with van der Waals surface area (Å²) in [5.41, 5.74) is 7.22. The zero-order chi connectivity index (χ0) is 23.9. The first-order valence-electron chi connectivity index (χ1n) is 11.8. The lowest BCUT2D eigenvalue weighted by Crippen LogP contribution is -1.92. The third-order valence-corrected chi connectivity index (χ3v) is 8.24. The Morgan fingerprint density at radius 2 is 0.861 bits per heavy atom. The first kappa shape index (κ1) is 21.2. The Morgan fingerprint density at radius 1 is 0.417 bits per heavy atom. The van der Waals surface area contributed by atoms with E-state index in [1.54, 1.807) is 22.7 Å². The highest BCUT2D eigenvalue weighted by Crippen LogP contribution is 2.45. The predicted octanol–water partition coefficient (Wildman–Crippen LogP) is 9.57. The summed E-state index contributed by atoms with van der Waals surface area (Å²) in [4.78, 5) is 9.20. The number of thiazole rings is 2. The lowest BCUT2D eigenvalue weighted by molar-refractivity contribution is 1.42. The number of fused-ring (bicyclic) bond motifs is 2. The van der Waals surface area contributed by atoms with Gasteiger partial charge >= 0.3 is 0 Å². The van der Waals surface area contributed by atoms with Gasteiger partial charge in [0.2, 0.25) is 0 Å². The van der Waals surface area contributed by atoms with Gasteiger partial charge in [0.15, 0.2) is 0 Å². The number of hydrogen-bond acceptors (Lipinski definition) is 4. The number of benzene rings is 5. The Kier molecular flexibility index (Phi) is 5.20. The molecule has 7 rings (SSSR count). The van der Waals surface area contributed by atoms with E-state index in [1.807, 2.05) is 23.2 Å². The van der Waals surface area contributed by atoms with Gasteiger partial charge in [0.25, 0.3) is 0 Å². The average Bonchev–Trinajstić information content (AvgIpc) is 3.67. The van der Waals surface area contributed by atoms with Crippen LogP contribution in [0.2, 0.25) is 0 Å². The molecule has 36 heavy (non-hydrogen) atoms. The molecule has 0 N–H and O–H groups in total. The van der Waals surface area contributed by atoms with Crippen LogP contribution >= 0.6 is 22.7 Å². The molecule has 7 aromatic rings.